The zero-order chi connectivity index (χ0) is 17.9. The first-order chi connectivity index (χ1) is 12.0. The topological polar surface area (TPSA) is 56.7 Å². The number of fused-ring (bicyclic) bond motifs is 1. The third-order valence-corrected chi connectivity index (χ3v) is 4.96. The Bertz CT molecular complexity index is 559. The van der Waals surface area contributed by atoms with Gasteiger partial charge in [0.2, 0.25) is 11.8 Å². The van der Waals surface area contributed by atoms with Gasteiger partial charge in [-0.2, -0.15) is 8.78 Å². The van der Waals surface area contributed by atoms with Crippen LogP contribution < -0.4 is 9.47 Å². The predicted molar refractivity (Wildman–Crippen MR) is 86.9 cm³/mol. The molecule has 0 amide bonds. The molecule has 0 spiro atoms. The first-order valence-electron chi connectivity index (χ1n) is 8.76. The lowest BCUT2D eigenvalue weighted by Crippen LogP contribution is -2.47. The van der Waals surface area contributed by atoms with Gasteiger partial charge >= 0.3 is 6.61 Å². The minimum absolute atomic E-state index is 0.138. The molecule has 1 aromatic heterocycles. The van der Waals surface area contributed by atoms with Crippen LogP contribution in [0.1, 0.15) is 39.5 Å². The number of halogens is 2. The van der Waals surface area contributed by atoms with E-state index in [1.54, 1.807) is 0 Å². The van der Waals surface area contributed by atoms with Gasteiger partial charge in [0.1, 0.15) is 6.61 Å². The van der Waals surface area contributed by atoms with E-state index >= 15 is 0 Å². The summed E-state index contributed by atoms with van der Waals surface area (Å²) in [6, 6.07) is 0.317. The van der Waals surface area contributed by atoms with Gasteiger partial charge in [-0.1, -0.05) is 0 Å². The molecule has 8 heteroatoms. The van der Waals surface area contributed by atoms with Crippen molar-refractivity contribution < 1.29 is 23.0 Å². The van der Waals surface area contributed by atoms with E-state index in [2.05, 4.69) is 33.5 Å². The van der Waals surface area contributed by atoms with Crippen molar-refractivity contribution in [2.75, 3.05) is 19.8 Å². The summed E-state index contributed by atoms with van der Waals surface area (Å²) in [6.45, 7) is 3.55. The normalized spacial score (nSPS) is 26.4. The van der Waals surface area contributed by atoms with Crippen LogP contribution in [0, 0.1) is 0 Å². The van der Waals surface area contributed by atoms with Gasteiger partial charge in [0.25, 0.3) is 0 Å². The van der Waals surface area contributed by atoms with Crippen LogP contribution in [-0.2, 0) is 4.74 Å². The summed E-state index contributed by atoms with van der Waals surface area (Å²) in [5, 5.41) is 0. The van der Waals surface area contributed by atoms with Crippen molar-refractivity contribution in [3.05, 3.63) is 12.4 Å². The molecule has 0 saturated carbocycles. The Morgan fingerprint density at radius 1 is 1.24 bits per heavy atom. The third kappa shape index (κ3) is 4.36. The molecule has 25 heavy (non-hydrogen) atoms. The van der Waals surface area contributed by atoms with Crippen LogP contribution in [0.5, 0.6) is 11.8 Å². The molecule has 1 aromatic rings. The Hall–Kier alpha value is -1.54. The van der Waals surface area contributed by atoms with Gasteiger partial charge in [-0.3, -0.25) is 4.90 Å². The number of rotatable bonds is 8. The lowest BCUT2D eigenvalue weighted by molar-refractivity contribution is -0.0532. The van der Waals surface area contributed by atoms with Crippen LogP contribution in [0.3, 0.4) is 0 Å². The van der Waals surface area contributed by atoms with E-state index in [1.807, 2.05) is 0 Å². The van der Waals surface area contributed by atoms with E-state index < -0.39 is 6.61 Å². The van der Waals surface area contributed by atoms with Crippen molar-refractivity contribution >= 4 is 0 Å². The molecule has 0 radical (unpaired) electrons. The van der Waals surface area contributed by atoms with E-state index in [9.17, 15) is 8.78 Å². The van der Waals surface area contributed by atoms with Crippen LogP contribution >= 0.6 is 0 Å². The maximum Gasteiger partial charge on any atom is 0.388 e. The molecule has 0 aliphatic carbocycles. The largest absolute Gasteiger partial charge is 0.475 e. The number of alkyl halides is 2. The summed E-state index contributed by atoms with van der Waals surface area (Å²) in [4.78, 5) is 10.2. The molecule has 0 N–H and O–H groups in total. The van der Waals surface area contributed by atoms with Gasteiger partial charge in [0.15, 0.2) is 0 Å². The Morgan fingerprint density at radius 2 is 2.00 bits per heavy atom. The maximum absolute atomic E-state index is 12.1. The Balaban J connectivity index is 1.53. The maximum atomic E-state index is 12.1. The van der Waals surface area contributed by atoms with Crippen molar-refractivity contribution in [1.82, 2.24) is 14.9 Å². The average molecular weight is 357 g/mol. The number of ether oxygens (including phenoxy) is 3. The van der Waals surface area contributed by atoms with E-state index in [1.165, 1.54) is 12.6 Å². The second kappa shape index (κ2) is 7.78. The number of hydrogen-bond donors (Lipinski definition) is 0. The van der Waals surface area contributed by atoms with Gasteiger partial charge in [-0.05, 0) is 46.1 Å². The summed E-state index contributed by atoms with van der Waals surface area (Å²) in [6.07, 6.45) is 7.20. The first-order valence-corrected chi connectivity index (χ1v) is 8.76. The summed E-state index contributed by atoms with van der Waals surface area (Å²) < 4.78 is 40.0. The van der Waals surface area contributed by atoms with Crippen molar-refractivity contribution in [3.63, 3.8) is 0 Å². The summed E-state index contributed by atoms with van der Waals surface area (Å²) in [5.41, 5.74) is 0.138. The van der Waals surface area contributed by atoms with E-state index in [0.717, 1.165) is 38.6 Å². The summed E-state index contributed by atoms with van der Waals surface area (Å²) in [5.74, 6) is 0.101. The van der Waals surface area contributed by atoms with Gasteiger partial charge < -0.3 is 14.2 Å². The second-order valence-electron chi connectivity index (χ2n) is 6.96. The molecule has 140 valence electrons. The van der Waals surface area contributed by atoms with Crippen molar-refractivity contribution in [1.29, 1.82) is 0 Å². The third-order valence-electron chi connectivity index (χ3n) is 4.96. The molecular weight excluding hydrogens is 332 g/mol. The molecule has 2 atom stereocenters. The predicted octanol–water partition coefficient (Wildman–Crippen LogP) is 2.88. The zero-order valence-corrected chi connectivity index (χ0v) is 14.7. The van der Waals surface area contributed by atoms with Crippen LogP contribution in [0.4, 0.5) is 8.78 Å². The Morgan fingerprint density at radius 3 is 2.68 bits per heavy atom. The highest BCUT2D eigenvalue weighted by molar-refractivity contribution is 5.12. The lowest BCUT2D eigenvalue weighted by atomic mass is 9.95. The standard InChI is InChI=1S/C17H25F2N3O3/c1-12(2)24-11-17-5-3-7-22(17)13(4-6-17)10-23-14-8-21-15(9-20-14)25-16(18)19/h8-9,12-13,16H,3-7,10-11H2,1-2H3/t13-,17-/m0/s1. The molecule has 0 aromatic carbocycles. The minimum atomic E-state index is -2.91. The molecule has 2 saturated heterocycles. The van der Waals surface area contributed by atoms with Gasteiger partial charge in [-0.15, -0.1) is 0 Å². The Kier molecular flexibility index (Phi) is 5.68. The number of hydrogen-bond acceptors (Lipinski definition) is 6. The van der Waals surface area contributed by atoms with Crippen LogP contribution in [-0.4, -0.2) is 58.9 Å². The fourth-order valence-corrected chi connectivity index (χ4v) is 3.82. The summed E-state index contributed by atoms with van der Waals surface area (Å²) >= 11 is 0. The highest BCUT2D eigenvalue weighted by atomic mass is 19.3. The van der Waals surface area contributed by atoms with Crippen LogP contribution in [0.2, 0.25) is 0 Å². The van der Waals surface area contributed by atoms with Crippen molar-refractivity contribution in [3.8, 4) is 11.8 Å². The quantitative estimate of drug-likeness (QED) is 0.713. The SMILES string of the molecule is CC(C)OC[C@@]12CCCN1[C@H](COc1cnc(OC(F)F)cn1)CC2. The van der Waals surface area contributed by atoms with Crippen molar-refractivity contribution in [2.24, 2.45) is 0 Å². The van der Waals surface area contributed by atoms with Gasteiger partial charge in [0.05, 0.1) is 25.1 Å². The van der Waals surface area contributed by atoms with Crippen molar-refractivity contribution in [2.45, 2.75) is 63.8 Å². The molecule has 6 nitrogen and oxygen atoms in total. The van der Waals surface area contributed by atoms with Crippen LogP contribution in [0.25, 0.3) is 0 Å². The second-order valence-corrected chi connectivity index (χ2v) is 6.96. The van der Waals surface area contributed by atoms with E-state index in [-0.39, 0.29) is 17.5 Å². The fourth-order valence-electron chi connectivity index (χ4n) is 3.82. The number of aromatic nitrogens is 2. The van der Waals surface area contributed by atoms with Gasteiger partial charge in [-0.25, -0.2) is 9.97 Å². The molecule has 2 aliphatic rings. The van der Waals surface area contributed by atoms with E-state index in [4.69, 9.17) is 9.47 Å². The first kappa shape index (κ1) is 18.3. The fraction of sp³-hybridized carbons (Fsp3) is 0.765. The lowest BCUT2D eigenvalue weighted by Gasteiger charge is -2.35. The highest BCUT2D eigenvalue weighted by Crippen LogP contribution is 2.42. The molecule has 2 fully saturated rings. The molecule has 0 unspecified atom stereocenters. The smallest absolute Gasteiger partial charge is 0.388 e. The average Bonchev–Trinajstić information content (AvgIpc) is 3.11. The molecule has 2 aliphatic heterocycles. The monoisotopic (exact) mass is 357 g/mol. The summed E-state index contributed by atoms with van der Waals surface area (Å²) in [7, 11) is 0. The van der Waals surface area contributed by atoms with Crippen LogP contribution in [0.15, 0.2) is 12.4 Å². The molecule has 3 rings (SSSR count). The molecule has 3 heterocycles. The minimum Gasteiger partial charge on any atom is -0.475 e. The highest BCUT2D eigenvalue weighted by Gasteiger charge is 2.49. The van der Waals surface area contributed by atoms with E-state index in [0.29, 0.717) is 18.5 Å². The number of nitrogens with zero attached hydrogens (tertiary/aromatic N) is 3. The molecular formula is C17H25F2N3O3. The zero-order valence-electron chi connectivity index (χ0n) is 14.7. The Labute approximate surface area is 146 Å². The molecule has 0 bridgehead atoms. The van der Waals surface area contributed by atoms with Gasteiger partial charge in [0, 0.05) is 11.6 Å².